The number of phenols is 1. The minimum Gasteiger partial charge on any atom is -0.508 e. The minimum absolute atomic E-state index is 0.0851. The number of fused-ring (bicyclic) bond motifs is 2. The van der Waals surface area contributed by atoms with Gasteiger partial charge in [0, 0.05) is 16.8 Å². The van der Waals surface area contributed by atoms with E-state index < -0.39 is 11.7 Å². The van der Waals surface area contributed by atoms with Crippen molar-refractivity contribution in [3.05, 3.63) is 59.7 Å². The zero-order chi connectivity index (χ0) is 14.6. The Balaban J connectivity index is 1.70. The second-order valence-corrected chi connectivity index (χ2v) is 5.14. The third-order valence-corrected chi connectivity index (χ3v) is 3.92. The number of Topliss-reactive ketones (excluding diaryl/α,β-unsaturated/α-hetero) is 1. The van der Waals surface area contributed by atoms with E-state index in [0.717, 1.165) is 0 Å². The molecule has 2 N–H and O–H groups in total. The molecule has 2 heterocycles. The lowest BCUT2D eigenvalue weighted by atomic mass is 9.92. The number of anilines is 1. The molecule has 0 saturated carbocycles. The van der Waals surface area contributed by atoms with Crippen LogP contribution in [-0.2, 0) is 15.1 Å². The SMILES string of the molecule is O=C(c1ccc(O)cc1)[C@H]1O[C@@]12C(=O)Nc1ccccc12. The van der Waals surface area contributed by atoms with Gasteiger partial charge in [0.25, 0.3) is 5.91 Å². The molecular weight excluding hydrogens is 270 g/mol. The number of nitrogens with one attached hydrogen (secondary N) is 1. The average Bonchev–Trinajstić information content (AvgIpc) is 3.18. The number of benzene rings is 2. The highest BCUT2D eigenvalue weighted by atomic mass is 16.6. The van der Waals surface area contributed by atoms with Crippen molar-refractivity contribution in [3.8, 4) is 5.75 Å². The lowest BCUT2D eigenvalue weighted by molar-refractivity contribution is -0.120. The summed E-state index contributed by atoms with van der Waals surface area (Å²) in [6.45, 7) is 0. The first kappa shape index (κ1) is 12.1. The summed E-state index contributed by atoms with van der Waals surface area (Å²) in [7, 11) is 0. The Morgan fingerprint density at radius 3 is 2.62 bits per heavy atom. The fraction of sp³-hybridized carbons (Fsp3) is 0.125. The van der Waals surface area contributed by atoms with Crippen LogP contribution in [0.15, 0.2) is 48.5 Å². The van der Waals surface area contributed by atoms with Crippen LogP contribution in [-0.4, -0.2) is 22.9 Å². The molecular formula is C16H11NO4. The molecule has 1 spiro atoms. The highest BCUT2D eigenvalue weighted by Gasteiger charge is 2.70. The number of ketones is 1. The van der Waals surface area contributed by atoms with E-state index in [2.05, 4.69) is 5.32 Å². The lowest BCUT2D eigenvalue weighted by Gasteiger charge is -2.02. The molecule has 21 heavy (non-hydrogen) atoms. The molecule has 0 aliphatic carbocycles. The maximum absolute atomic E-state index is 12.4. The third-order valence-electron chi connectivity index (χ3n) is 3.92. The Bertz CT molecular complexity index is 768. The van der Waals surface area contributed by atoms with E-state index in [1.165, 1.54) is 24.3 Å². The van der Waals surface area contributed by atoms with Gasteiger partial charge >= 0.3 is 0 Å². The number of rotatable bonds is 2. The summed E-state index contributed by atoms with van der Waals surface area (Å²) in [5.74, 6) is -0.482. The maximum Gasteiger partial charge on any atom is 0.264 e. The van der Waals surface area contributed by atoms with Crippen molar-refractivity contribution in [1.82, 2.24) is 0 Å². The summed E-state index contributed by atoms with van der Waals surface area (Å²) in [6.07, 6.45) is -0.814. The molecule has 0 aromatic heterocycles. The first-order valence-electron chi connectivity index (χ1n) is 6.55. The topological polar surface area (TPSA) is 78.9 Å². The minimum atomic E-state index is -1.19. The van der Waals surface area contributed by atoms with Gasteiger partial charge in [-0.25, -0.2) is 0 Å². The molecule has 5 nitrogen and oxygen atoms in total. The fourth-order valence-electron chi connectivity index (χ4n) is 2.80. The summed E-state index contributed by atoms with van der Waals surface area (Å²) in [5, 5.41) is 12.0. The van der Waals surface area contributed by atoms with Gasteiger partial charge in [-0.3, -0.25) is 9.59 Å². The number of ether oxygens (including phenoxy) is 1. The molecule has 0 bridgehead atoms. The molecule has 5 heteroatoms. The van der Waals surface area contributed by atoms with Crippen LogP contribution in [0.25, 0.3) is 0 Å². The number of para-hydroxylation sites is 1. The van der Waals surface area contributed by atoms with E-state index in [4.69, 9.17) is 4.74 Å². The van der Waals surface area contributed by atoms with E-state index in [9.17, 15) is 14.7 Å². The van der Waals surface area contributed by atoms with E-state index in [-0.39, 0.29) is 17.4 Å². The monoisotopic (exact) mass is 281 g/mol. The number of aromatic hydroxyl groups is 1. The Kier molecular flexibility index (Phi) is 2.26. The van der Waals surface area contributed by atoms with Crippen LogP contribution < -0.4 is 5.32 Å². The summed E-state index contributed by atoms with van der Waals surface area (Å²) in [5.41, 5.74) is 0.605. The van der Waals surface area contributed by atoms with Crippen molar-refractivity contribution >= 4 is 17.4 Å². The third kappa shape index (κ3) is 1.55. The van der Waals surface area contributed by atoms with Gasteiger partial charge in [0.2, 0.25) is 5.60 Å². The van der Waals surface area contributed by atoms with Gasteiger partial charge in [0.05, 0.1) is 0 Å². The lowest BCUT2D eigenvalue weighted by Crippen LogP contribution is -2.27. The summed E-state index contributed by atoms with van der Waals surface area (Å²) in [6, 6.07) is 13.1. The first-order valence-corrected chi connectivity index (χ1v) is 6.55. The van der Waals surface area contributed by atoms with E-state index in [1.807, 2.05) is 12.1 Å². The van der Waals surface area contributed by atoms with E-state index in [0.29, 0.717) is 16.8 Å². The molecule has 0 radical (unpaired) electrons. The standard InChI is InChI=1S/C16H11NO4/c18-10-7-5-9(6-8-10)13(19)14-16(21-14)11-3-1-2-4-12(11)17-15(16)20/h1-8,14,18H,(H,17,20)/t14-,16-/m1/s1. The smallest absolute Gasteiger partial charge is 0.264 e. The van der Waals surface area contributed by atoms with Crippen molar-refractivity contribution in [1.29, 1.82) is 0 Å². The average molecular weight is 281 g/mol. The Morgan fingerprint density at radius 2 is 1.86 bits per heavy atom. The molecule has 2 aromatic carbocycles. The molecule has 104 valence electrons. The summed E-state index contributed by atoms with van der Waals surface area (Å²) < 4.78 is 5.53. The molecule has 0 unspecified atom stereocenters. The molecule has 4 rings (SSSR count). The zero-order valence-electron chi connectivity index (χ0n) is 10.9. The normalized spacial score (nSPS) is 25.5. The van der Waals surface area contributed by atoms with Crippen LogP contribution in [0, 0.1) is 0 Å². The Morgan fingerprint density at radius 1 is 1.14 bits per heavy atom. The van der Waals surface area contributed by atoms with Crippen molar-refractivity contribution in [2.75, 3.05) is 5.32 Å². The van der Waals surface area contributed by atoms with Gasteiger partial charge in [-0.15, -0.1) is 0 Å². The number of hydrogen-bond acceptors (Lipinski definition) is 4. The maximum atomic E-state index is 12.4. The second kappa shape index (κ2) is 3.93. The molecule has 1 saturated heterocycles. The van der Waals surface area contributed by atoms with Crippen LogP contribution in [0.2, 0.25) is 0 Å². The number of hydrogen-bond donors (Lipinski definition) is 2. The van der Waals surface area contributed by atoms with E-state index in [1.54, 1.807) is 12.1 Å². The van der Waals surface area contributed by atoms with Crippen molar-refractivity contribution in [3.63, 3.8) is 0 Å². The van der Waals surface area contributed by atoms with Gasteiger partial charge in [0.1, 0.15) is 5.75 Å². The molecule has 2 atom stereocenters. The van der Waals surface area contributed by atoms with E-state index >= 15 is 0 Å². The molecule has 2 aliphatic heterocycles. The molecule has 1 amide bonds. The highest BCUT2D eigenvalue weighted by Crippen LogP contribution is 2.54. The highest BCUT2D eigenvalue weighted by molar-refractivity contribution is 6.15. The Labute approximate surface area is 120 Å². The van der Waals surface area contributed by atoms with Gasteiger partial charge in [-0.1, -0.05) is 18.2 Å². The van der Waals surface area contributed by atoms with Gasteiger partial charge in [-0.2, -0.15) is 0 Å². The first-order chi connectivity index (χ1) is 10.1. The summed E-state index contributed by atoms with van der Waals surface area (Å²) >= 11 is 0. The van der Waals surface area contributed by atoms with Crippen molar-refractivity contribution < 1.29 is 19.4 Å². The second-order valence-electron chi connectivity index (χ2n) is 5.14. The van der Waals surface area contributed by atoms with Gasteiger partial charge in [0.15, 0.2) is 11.9 Å². The number of carbonyl (C=O) groups is 2. The quantitative estimate of drug-likeness (QED) is 0.650. The zero-order valence-corrected chi connectivity index (χ0v) is 10.9. The van der Waals surface area contributed by atoms with Crippen LogP contribution in [0.4, 0.5) is 5.69 Å². The molecule has 1 fully saturated rings. The largest absolute Gasteiger partial charge is 0.508 e. The Hall–Kier alpha value is -2.66. The summed E-state index contributed by atoms with van der Waals surface area (Å²) in [4.78, 5) is 24.6. The van der Waals surface area contributed by atoms with Crippen LogP contribution in [0.3, 0.4) is 0 Å². The fourth-order valence-corrected chi connectivity index (χ4v) is 2.80. The van der Waals surface area contributed by atoms with Gasteiger partial charge < -0.3 is 15.2 Å². The van der Waals surface area contributed by atoms with Crippen molar-refractivity contribution in [2.45, 2.75) is 11.7 Å². The van der Waals surface area contributed by atoms with Crippen LogP contribution in [0.5, 0.6) is 5.75 Å². The molecule has 2 aromatic rings. The predicted molar refractivity (Wildman–Crippen MR) is 74.1 cm³/mol. The van der Waals surface area contributed by atoms with Crippen LogP contribution in [0.1, 0.15) is 15.9 Å². The molecule has 2 aliphatic rings. The predicted octanol–water partition coefficient (Wildman–Crippen LogP) is 1.82. The number of epoxide rings is 1. The number of amides is 1. The van der Waals surface area contributed by atoms with Crippen LogP contribution >= 0.6 is 0 Å². The number of carbonyl (C=O) groups excluding carboxylic acids is 2. The van der Waals surface area contributed by atoms with Crippen molar-refractivity contribution in [2.24, 2.45) is 0 Å². The number of phenolic OH excluding ortho intramolecular Hbond substituents is 1. The van der Waals surface area contributed by atoms with Gasteiger partial charge in [-0.05, 0) is 30.3 Å².